The molecule has 0 rings (SSSR count). The Morgan fingerprint density at radius 1 is 1.78 bits per heavy atom. The largest absolute Gasteiger partial charge is 0.338 e. The summed E-state index contributed by atoms with van der Waals surface area (Å²) in [5.74, 6) is 0. The van der Waals surface area contributed by atoms with Crippen molar-refractivity contribution in [3.8, 4) is 0 Å². The zero-order valence-electron chi connectivity index (χ0n) is 5.96. The molecule has 0 bridgehead atoms. The van der Waals surface area contributed by atoms with E-state index in [1.54, 1.807) is 19.6 Å². The summed E-state index contributed by atoms with van der Waals surface area (Å²) >= 11 is 0. The number of hydrazone groups is 1. The van der Waals surface area contributed by atoms with Crippen LogP contribution in [0.25, 0.3) is 0 Å². The lowest BCUT2D eigenvalue weighted by Gasteiger charge is -2.08. The number of nitrogens with zero attached hydrogens (tertiary/aromatic N) is 2. The molecular formula is C6H13N3. The molecule has 1 N–H and O–H groups in total. The van der Waals surface area contributed by atoms with E-state index in [1.807, 2.05) is 11.8 Å². The van der Waals surface area contributed by atoms with Crippen molar-refractivity contribution in [3.63, 3.8) is 0 Å². The molecule has 0 unspecified atom stereocenters. The van der Waals surface area contributed by atoms with Gasteiger partial charge < -0.3 is 10.3 Å². The predicted octanol–water partition coefficient (Wildman–Crippen LogP) is 0.615. The fraction of sp³-hybridized carbons (Fsp3) is 0.500. The van der Waals surface area contributed by atoms with E-state index in [2.05, 4.69) is 17.1 Å². The third-order valence-electron chi connectivity index (χ3n) is 0.935. The van der Waals surface area contributed by atoms with E-state index in [0.717, 1.165) is 6.54 Å². The second-order valence-corrected chi connectivity index (χ2v) is 1.48. The summed E-state index contributed by atoms with van der Waals surface area (Å²) in [6.45, 7) is 6.52. The Hall–Kier alpha value is -0.990. The smallest absolute Gasteiger partial charge is 0.115 e. The first-order valence-electron chi connectivity index (χ1n) is 2.93. The maximum absolute atomic E-state index is 3.79. The lowest BCUT2D eigenvalue weighted by molar-refractivity contribution is 0.601. The van der Waals surface area contributed by atoms with E-state index in [1.165, 1.54) is 0 Å². The Bertz CT molecular complexity index is 98.5. The molecule has 0 fully saturated rings. The van der Waals surface area contributed by atoms with E-state index in [0.29, 0.717) is 0 Å². The van der Waals surface area contributed by atoms with Crippen molar-refractivity contribution in [2.45, 2.75) is 6.92 Å². The normalized spacial score (nSPS) is 9.56. The van der Waals surface area contributed by atoms with Crippen LogP contribution in [0.2, 0.25) is 0 Å². The number of hydrogen-bond acceptors (Lipinski definition) is 2. The molecule has 3 heteroatoms. The zero-order valence-corrected chi connectivity index (χ0v) is 5.96. The van der Waals surface area contributed by atoms with Gasteiger partial charge in [0, 0.05) is 13.6 Å². The van der Waals surface area contributed by atoms with Gasteiger partial charge in [0.15, 0.2) is 0 Å². The Morgan fingerprint density at radius 2 is 2.44 bits per heavy atom. The quantitative estimate of drug-likeness (QED) is 0.340. The van der Waals surface area contributed by atoms with Crippen LogP contribution in [0.1, 0.15) is 6.92 Å². The minimum Gasteiger partial charge on any atom is -0.338 e. The minimum atomic E-state index is 0.898. The van der Waals surface area contributed by atoms with E-state index < -0.39 is 0 Å². The highest BCUT2D eigenvalue weighted by molar-refractivity contribution is 5.55. The molecule has 0 aromatic rings. The first kappa shape index (κ1) is 8.01. The van der Waals surface area contributed by atoms with Gasteiger partial charge in [-0.2, -0.15) is 5.10 Å². The molecule has 0 saturated carbocycles. The van der Waals surface area contributed by atoms with Crippen LogP contribution >= 0.6 is 0 Å². The molecule has 3 nitrogen and oxygen atoms in total. The average molecular weight is 127 g/mol. The first-order valence-corrected chi connectivity index (χ1v) is 2.93. The highest BCUT2D eigenvalue weighted by Crippen LogP contribution is 1.79. The standard InChI is InChI=1S/C6H13N3/c1-4-9(5-2)6-8-7-3/h4,6-7H,1,5H2,2-3H3/b8-6-. The third kappa shape index (κ3) is 3.58. The third-order valence-corrected chi connectivity index (χ3v) is 0.935. The summed E-state index contributed by atoms with van der Waals surface area (Å²) in [5, 5.41) is 3.79. The van der Waals surface area contributed by atoms with Crippen molar-refractivity contribution in [1.29, 1.82) is 0 Å². The number of nitrogens with one attached hydrogen (secondary N) is 1. The molecule has 0 saturated heterocycles. The Balaban J connectivity index is 3.54. The van der Waals surface area contributed by atoms with E-state index in [4.69, 9.17) is 0 Å². The maximum atomic E-state index is 3.79. The summed E-state index contributed by atoms with van der Waals surface area (Å²) in [7, 11) is 1.76. The van der Waals surface area contributed by atoms with Crippen molar-refractivity contribution >= 4 is 6.34 Å². The maximum Gasteiger partial charge on any atom is 0.115 e. The van der Waals surface area contributed by atoms with Crippen molar-refractivity contribution in [3.05, 3.63) is 12.8 Å². The van der Waals surface area contributed by atoms with Crippen LogP contribution in [-0.4, -0.2) is 24.8 Å². The number of hydrogen-bond donors (Lipinski definition) is 1. The molecule has 0 aromatic heterocycles. The molecule has 9 heavy (non-hydrogen) atoms. The molecular weight excluding hydrogens is 114 g/mol. The SMILES string of the molecule is C=CN(/C=N\NC)CC. The molecule has 0 heterocycles. The van der Waals surface area contributed by atoms with Gasteiger partial charge in [0.2, 0.25) is 0 Å². The van der Waals surface area contributed by atoms with Gasteiger partial charge in [-0.3, -0.25) is 0 Å². The van der Waals surface area contributed by atoms with Gasteiger partial charge in [0.25, 0.3) is 0 Å². The first-order chi connectivity index (χ1) is 4.35. The van der Waals surface area contributed by atoms with Crippen LogP contribution in [0.4, 0.5) is 0 Å². The summed E-state index contributed by atoms with van der Waals surface area (Å²) in [6.07, 6.45) is 3.41. The molecule has 0 aliphatic carbocycles. The van der Waals surface area contributed by atoms with Crippen molar-refractivity contribution < 1.29 is 0 Å². The van der Waals surface area contributed by atoms with Crippen molar-refractivity contribution in [1.82, 2.24) is 10.3 Å². The van der Waals surface area contributed by atoms with Gasteiger partial charge in [-0.1, -0.05) is 6.58 Å². The number of rotatable bonds is 4. The van der Waals surface area contributed by atoms with Gasteiger partial charge >= 0.3 is 0 Å². The molecule has 0 aliphatic rings. The monoisotopic (exact) mass is 127 g/mol. The van der Waals surface area contributed by atoms with Gasteiger partial charge in [-0.25, -0.2) is 0 Å². The van der Waals surface area contributed by atoms with Gasteiger partial charge in [-0.05, 0) is 13.1 Å². The molecule has 0 aromatic carbocycles. The Morgan fingerprint density at radius 3 is 2.78 bits per heavy atom. The Labute approximate surface area is 56.0 Å². The van der Waals surface area contributed by atoms with Crippen LogP contribution in [0.15, 0.2) is 17.9 Å². The summed E-state index contributed by atoms with van der Waals surface area (Å²) in [4.78, 5) is 1.87. The van der Waals surface area contributed by atoms with Crippen molar-refractivity contribution in [2.24, 2.45) is 5.10 Å². The Kier molecular flexibility index (Phi) is 4.59. The average Bonchev–Trinajstić information content (AvgIpc) is 1.91. The van der Waals surface area contributed by atoms with Gasteiger partial charge in [0.1, 0.15) is 6.34 Å². The van der Waals surface area contributed by atoms with Crippen LogP contribution < -0.4 is 5.43 Å². The van der Waals surface area contributed by atoms with Gasteiger partial charge in [0.05, 0.1) is 0 Å². The van der Waals surface area contributed by atoms with E-state index >= 15 is 0 Å². The van der Waals surface area contributed by atoms with E-state index in [-0.39, 0.29) is 0 Å². The summed E-state index contributed by atoms with van der Waals surface area (Å²) in [5.41, 5.74) is 2.65. The minimum absolute atomic E-state index is 0.898. The van der Waals surface area contributed by atoms with Gasteiger partial charge in [-0.15, -0.1) is 0 Å². The zero-order chi connectivity index (χ0) is 7.11. The second kappa shape index (κ2) is 5.15. The second-order valence-electron chi connectivity index (χ2n) is 1.48. The van der Waals surface area contributed by atoms with Crippen LogP contribution in [0, 0.1) is 0 Å². The summed E-state index contributed by atoms with van der Waals surface area (Å²) < 4.78 is 0. The van der Waals surface area contributed by atoms with Crippen LogP contribution in [0.5, 0.6) is 0 Å². The van der Waals surface area contributed by atoms with Crippen molar-refractivity contribution in [2.75, 3.05) is 13.6 Å². The molecule has 52 valence electrons. The lowest BCUT2D eigenvalue weighted by Crippen LogP contribution is -2.14. The molecule has 0 aliphatic heterocycles. The van der Waals surface area contributed by atoms with Crippen LogP contribution in [0.3, 0.4) is 0 Å². The summed E-state index contributed by atoms with van der Waals surface area (Å²) in [6, 6.07) is 0. The predicted molar refractivity (Wildman–Crippen MR) is 40.1 cm³/mol. The van der Waals surface area contributed by atoms with Crippen LogP contribution in [-0.2, 0) is 0 Å². The highest BCUT2D eigenvalue weighted by Gasteiger charge is 1.83. The molecule has 0 spiro atoms. The molecule has 0 amide bonds. The fourth-order valence-corrected chi connectivity index (χ4v) is 0.390. The molecule has 0 atom stereocenters. The molecule has 0 radical (unpaired) electrons. The fourth-order valence-electron chi connectivity index (χ4n) is 0.390. The lowest BCUT2D eigenvalue weighted by atomic mass is 10.6. The topological polar surface area (TPSA) is 27.6 Å². The van der Waals surface area contributed by atoms with E-state index in [9.17, 15) is 0 Å². The highest BCUT2D eigenvalue weighted by atomic mass is 15.3.